The first-order valence-electron chi connectivity index (χ1n) is 7.83. The predicted molar refractivity (Wildman–Crippen MR) is 97.4 cm³/mol. The normalized spacial score (nSPS) is 11.7. The predicted octanol–water partition coefficient (Wildman–Crippen LogP) is 4.82. The van der Waals surface area contributed by atoms with Crippen molar-refractivity contribution in [2.45, 2.75) is 19.6 Å². The highest BCUT2D eigenvalue weighted by molar-refractivity contribution is 7.09. The Balaban J connectivity index is 1.63. The van der Waals surface area contributed by atoms with Gasteiger partial charge < -0.3 is 10.1 Å². The Morgan fingerprint density at radius 1 is 1.08 bits per heavy atom. The standard InChI is InChI=1S/C20H19NO2S/c1-15(16-7-3-2-4-8-16)21-20(22)17-9-5-10-18(13-17)23-14-19-11-6-12-24-19/h2-13,15H,14H2,1H3,(H,21,22). The molecule has 0 aliphatic carbocycles. The summed E-state index contributed by atoms with van der Waals surface area (Å²) in [6.45, 7) is 2.49. The number of thiophene rings is 1. The average Bonchev–Trinajstić information content (AvgIpc) is 3.14. The number of benzene rings is 2. The molecule has 1 amide bonds. The zero-order chi connectivity index (χ0) is 16.8. The third-order valence-corrected chi connectivity index (χ3v) is 4.55. The molecule has 24 heavy (non-hydrogen) atoms. The maximum absolute atomic E-state index is 12.4. The summed E-state index contributed by atoms with van der Waals surface area (Å²) >= 11 is 1.65. The van der Waals surface area contributed by atoms with E-state index >= 15 is 0 Å². The molecule has 0 bridgehead atoms. The van der Waals surface area contributed by atoms with Crippen LogP contribution in [0.3, 0.4) is 0 Å². The van der Waals surface area contributed by atoms with Crippen LogP contribution >= 0.6 is 11.3 Å². The molecule has 0 radical (unpaired) electrons. The van der Waals surface area contributed by atoms with Crippen LogP contribution in [0.2, 0.25) is 0 Å². The second-order valence-electron chi connectivity index (χ2n) is 5.50. The lowest BCUT2D eigenvalue weighted by atomic mass is 10.1. The Bertz CT molecular complexity index is 784. The van der Waals surface area contributed by atoms with Gasteiger partial charge in [-0.05, 0) is 42.1 Å². The number of carbonyl (C=O) groups excluding carboxylic acids is 1. The van der Waals surface area contributed by atoms with E-state index in [1.807, 2.05) is 66.9 Å². The van der Waals surface area contributed by atoms with Crippen molar-refractivity contribution in [3.8, 4) is 5.75 Å². The van der Waals surface area contributed by atoms with Crippen LogP contribution in [-0.4, -0.2) is 5.91 Å². The Kier molecular flexibility index (Phi) is 5.29. The van der Waals surface area contributed by atoms with Gasteiger partial charge in [0.2, 0.25) is 0 Å². The van der Waals surface area contributed by atoms with Crippen LogP contribution in [0, 0.1) is 0 Å². The number of hydrogen-bond donors (Lipinski definition) is 1. The van der Waals surface area contributed by atoms with Crippen LogP contribution in [0.25, 0.3) is 0 Å². The van der Waals surface area contributed by atoms with Crippen molar-refractivity contribution in [3.05, 3.63) is 88.1 Å². The van der Waals surface area contributed by atoms with Crippen molar-refractivity contribution in [1.29, 1.82) is 0 Å². The third kappa shape index (κ3) is 4.24. The van der Waals surface area contributed by atoms with Crippen LogP contribution in [0.15, 0.2) is 72.1 Å². The van der Waals surface area contributed by atoms with Gasteiger partial charge in [0.05, 0.1) is 6.04 Å². The van der Waals surface area contributed by atoms with Gasteiger partial charge in [-0.1, -0.05) is 42.5 Å². The van der Waals surface area contributed by atoms with Gasteiger partial charge in [-0.15, -0.1) is 11.3 Å². The minimum absolute atomic E-state index is 0.0469. The van der Waals surface area contributed by atoms with Crippen LogP contribution in [0.1, 0.15) is 33.8 Å². The SMILES string of the molecule is CC(NC(=O)c1cccc(OCc2cccs2)c1)c1ccccc1. The second kappa shape index (κ2) is 7.79. The maximum Gasteiger partial charge on any atom is 0.251 e. The van der Waals surface area contributed by atoms with Gasteiger partial charge >= 0.3 is 0 Å². The molecule has 0 aliphatic heterocycles. The van der Waals surface area contributed by atoms with E-state index in [-0.39, 0.29) is 11.9 Å². The number of ether oxygens (including phenoxy) is 1. The molecule has 2 aromatic carbocycles. The molecule has 3 rings (SSSR count). The van der Waals surface area contributed by atoms with Gasteiger partial charge in [0.1, 0.15) is 12.4 Å². The largest absolute Gasteiger partial charge is 0.488 e. The van der Waals surface area contributed by atoms with Crippen LogP contribution in [-0.2, 0) is 6.61 Å². The molecule has 0 saturated carbocycles. The smallest absolute Gasteiger partial charge is 0.251 e. The molecule has 1 atom stereocenters. The fraction of sp³-hybridized carbons (Fsp3) is 0.150. The van der Waals surface area contributed by atoms with Crippen molar-refractivity contribution in [3.63, 3.8) is 0 Å². The van der Waals surface area contributed by atoms with E-state index < -0.39 is 0 Å². The Morgan fingerprint density at radius 2 is 1.92 bits per heavy atom. The molecule has 1 aromatic heterocycles. The maximum atomic E-state index is 12.4. The first-order valence-corrected chi connectivity index (χ1v) is 8.71. The van der Waals surface area contributed by atoms with Crippen molar-refractivity contribution in [2.24, 2.45) is 0 Å². The number of nitrogens with one attached hydrogen (secondary N) is 1. The summed E-state index contributed by atoms with van der Waals surface area (Å²) < 4.78 is 5.76. The van der Waals surface area contributed by atoms with Crippen molar-refractivity contribution < 1.29 is 9.53 Å². The summed E-state index contributed by atoms with van der Waals surface area (Å²) in [5.41, 5.74) is 1.68. The first-order chi connectivity index (χ1) is 11.7. The first kappa shape index (κ1) is 16.3. The molecule has 0 saturated heterocycles. The molecule has 1 unspecified atom stereocenters. The van der Waals surface area contributed by atoms with E-state index in [0.717, 1.165) is 10.4 Å². The van der Waals surface area contributed by atoms with Gasteiger partial charge in [-0.25, -0.2) is 0 Å². The Morgan fingerprint density at radius 3 is 2.67 bits per heavy atom. The Hall–Kier alpha value is -2.59. The highest BCUT2D eigenvalue weighted by Gasteiger charge is 2.12. The summed E-state index contributed by atoms with van der Waals surface area (Å²) in [5, 5.41) is 5.04. The van der Waals surface area contributed by atoms with Gasteiger partial charge in [-0.3, -0.25) is 4.79 Å². The molecular formula is C20H19NO2S. The van der Waals surface area contributed by atoms with E-state index in [1.165, 1.54) is 0 Å². The van der Waals surface area contributed by atoms with E-state index in [2.05, 4.69) is 5.32 Å². The lowest BCUT2D eigenvalue weighted by Crippen LogP contribution is -2.26. The van der Waals surface area contributed by atoms with Crippen molar-refractivity contribution >= 4 is 17.2 Å². The van der Waals surface area contributed by atoms with Crippen LogP contribution in [0.4, 0.5) is 0 Å². The van der Waals surface area contributed by atoms with E-state index in [4.69, 9.17) is 4.74 Å². The quantitative estimate of drug-likeness (QED) is 0.700. The average molecular weight is 337 g/mol. The number of hydrogen-bond acceptors (Lipinski definition) is 3. The number of rotatable bonds is 6. The molecule has 4 heteroatoms. The molecular weight excluding hydrogens is 318 g/mol. The lowest BCUT2D eigenvalue weighted by molar-refractivity contribution is 0.0939. The molecule has 122 valence electrons. The minimum Gasteiger partial charge on any atom is -0.488 e. The monoisotopic (exact) mass is 337 g/mol. The molecule has 3 nitrogen and oxygen atoms in total. The summed E-state index contributed by atoms with van der Waals surface area (Å²) in [5.74, 6) is 0.594. The number of carbonyl (C=O) groups is 1. The van der Waals surface area contributed by atoms with Crippen LogP contribution in [0.5, 0.6) is 5.75 Å². The van der Waals surface area contributed by atoms with Crippen molar-refractivity contribution in [1.82, 2.24) is 5.32 Å². The highest BCUT2D eigenvalue weighted by Crippen LogP contribution is 2.18. The Labute approximate surface area is 145 Å². The fourth-order valence-corrected chi connectivity index (χ4v) is 3.00. The highest BCUT2D eigenvalue weighted by atomic mass is 32.1. The summed E-state index contributed by atoms with van der Waals surface area (Å²) in [7, 11) is 0. The second-order valence-corrected chi connectivity index (χ2v) is 6.53. The van der Waals surface area contributed by atoms with Gasteiger partial charge in [0.25, 0.3) is 5.91 Å². The molecule has 1 heterocycles. The summed E-state index contributed by atoms with van der Waals surface area (Å²) in [6.07, 6.45) is 0. The topological polar surface area (TPSA) is 38.3 Å². The minimum atomic E-state index is -0.104. The lowest BCUT2D eigenvalue weighted by Gasteiger charge is -2.14. The van der Waals surface area contributed by atoms with E-state index in [9.17, 15) is 4.79 Å². The molecule has 1 N–H and O–H groups in total. The molecule has 0 aliphatic rings. The number of amides is 1. The van der Waals surface area contributed by atoms with Crippen molar-refractivity contribution in [2.75, 3.05) is 0 Å². The van der Waals surface area contributed by atoms with E-state index in [1.54, 1.807) is 23.5 Å². The van der Waals surface area contributed by atoms with Crippen LogP contribution < -0.4 is 10.1 Å². The summed E-state index contributed by atoms with van der Waals surface area (Å²) in [6, 6.07) is 21.2. The van der Waals surface area contributed by atoms with Gasteiger partial charge in [0.15, 0.2) is 0 Å². The third-order valence-electron chi connectivity index (χ3n) is 3.70. The summed E-state index contributed by atoms with van der Waals surface area (Å²) in [4.78, 5) is 13.6. The molecule has 3 aromatic rings. The van der Waals surface area contributed by atoms with Gasteiger partial charge in [0, 0.05) is 10.4 Å². The zero-order valence-electron chi connectivity index (χ0n) is 13.4. The molecule has 0 spiro atoms. The molecule has 0 fully saturated rings. The van der Waals surface area contributed by atoms with E-state index in [0.29, 0.717) is 17.9 Å². The zero-order valence-corrected chi connectivity index (χ0v) is 14.3. The fourth-order valence-electron chi connectivity index (χ4n) is 2.38. The van der Waals surface area contributed by atoms with Gasteiger partial charge in [-0.2, -0.15) is 0 Å².